The molecule has 10 heteroatoms. The first kappa shape index (κ1) is 22.6. The van der Waals surface area contributed by atoms with Crippen LogP contribution in [0.25, 0.3) is 0 Å². The van der Waals surface area contributed by atoms with Gasteiger partial charge in [0.25, 0.3) is 5.91 Å². The first-order chi connectivity index (χ1) is 15.5. The predicted molar refractivity (Wildman–Crippen MR) is 118 cm³/mol. The predicted octanol–water partition coefficient (Wildman–Crippen LogP) is 2.72. The zero-order chi connectivity index (χ0) is 22.8. The van der Waals surface area contributed by atoms with E-state index in [1.165, 1.54) is 12.5 Å². The fourth-order valence-electron chi connectivity index (χ4n) is 2.39. The van der Waals surface area contributed by atoms with E-state index < -0.39 is 11.8 Å². The van der Waals surface area contributed by atoms with Gasteiger partial charge in [0.15, 0.2) is 6.61 Å². The monoisotopic (exact) mass is 454 g/mol. The van der Waals surface area contributed by atoms with Gasteiger partial charge in [-0.2, -0.15) is 5.10 Å². The van der Waals surface area contributed by atoms with E-state index in [9.17, 15) is 14.4 Å². The summed E-state index contributed by atoms with van der Waals surface area (Å²) in [4.78, 5) is 35.4. The third-order valence-electron chi connectivity index (χ3n) is 3.98. The quantitative estimate of drug-likeness (QED) is 0.274. The molecule has 0 aliphatic carbocycles. The number of furan rings is 1. The van der Waals surface area contributed by atoms with Gasteiger partial charge in [-0.05, 0) is 66.2 Å². The van der Waals surface area contributed by atoms with Crippen LogP contribution < -0.4 is 20.8 Å². The number of ether oxygens (including phenoxy) is 1. The van der Waals surface area contributed by atoms with Crippen LogP contribution in [0.3, 0.4) is 0 Å². The molecule has 1 aromatic heterocycles. The van der Waals surface area contributed by atoms with Gasteiger partial charge in [-0.25, -0.2) is 5.43 Å². The minimum Gasteiger partial charge on any atom is -0.484 e. The standard InChI is InChI=1S/C22H19ClN4O5/c23-16-5-7-17(8-6-16)26-21(29)22(30)27-25-12-15-3-9-18(10-4-15)32-14-20(28)24-13-19-2-1-11-31-19/h1-12H,13-14H2,(H,24,28)(H,26,29)(H,27,30)/b25-12-. The summed E-state index contributed by atoms with van der Waals surface area (Å²) in [6, 6.07) is 16.5. The molecule has 2 aromatic carbocycles. The Morgan fingerprint density at radius 1 is 1.00 bits per heavy atom. The number of rotatable bonds is 8. The number of amides is 3. The van der Waals surface area contributed by atoms with Crippen LogP contribution in [-0.2, 0) is 20.9 Å². The minimum absolute atomic E-state index is 0.146. The van der Waals surface area contributed by atoms with Gasteiger partial charge in [0.2, 0.25) is 0 Å². The lowest BCUT2D eigenvalue weighted by Gasteiger charge is -2.07. The summed E-state index contributed by atoms with van der Waals surface area (Å²) in [5.41, 5.74) is 3.23. The Bertz CT molecular complexity index is 1080. The van der Waals surface area contributed by atoms with Crippen molar-refractivity contribution in [1.82, 2.24) is 10.7 Å². The van der Waals surface area contributed by atoms with Crippen LogP contribution in [-0.4, -0.2) is 30.5 Å². The summed E-state index contributed by atoms with van der Waals surface area (Å²) in [6.07, 6.45) is 2.90. The second-order valence-corrected chi connectivity index (χ2v) is 6.81. The molecule has 164 valence electrons. The maximum Gasteiger partial charge on any atom is 0.329 e. The Morgan fingerprint density at radius 3 is 2.44 bits per heavy atom. The molecule has 0 aliphatic rings. The van der Waals surface area contributed by atoms with Gasteiger partial charge in [-0.15, -0.1) is 0 Å². The summed E-state index contributed by atoms with van der Waals surface area (Å²) >= 11 is 5.77. The van der Waals surface area contributed by atoms with Crippen molar-refractivity contribution >= 4 is 41.2 Å². The average Bonchev–Trinajstić information content (AvgIpc) is 3.32. The number of hydrogen-bond donors (Lipinski definition) is 3. The molecule has 3 rings (SSSR count). The largest absolute Gasteiger partial charge is 0.484 e. The number of anilines is 1. The van der Waals surface area contributed by atoms with Crippen LogP contribution in [0, 0.1) is 0 Å². The van der Waals surface area contributed by atoms with Crippen LogP contribution >= 0.6 is 11.6 Å². The van der Waals surface area contributed by atoms with E-state index in [4.69, 9.17) is 20.8 Å². The van der Waals surface area contributed by atoms with E-state index in [1.54, 1.807) is 60.7 Å². The number of halogens is 1. The molecule has 0 unspecified atom stereocenters. The Kier molecular flexibility index (Phi) is 7.99. The highest BCUT2D eigenvalue weighted by molar-refractivity contribution is 6.39. The number of hydrazone groups is 1. The fraction of sp³-hybridized carbons (Fsp3) is 0.0909. The highest BCUT2D eigenvalue weighted by atomic mass is 35.5. The zero-order valence-electron chi connectivity index (χ0n) is 16.7. The van der Waals surface area contributed by atoms with E-state index in [-0.39, 0.29) is 19.1 Å². The van der Waals surface area contributed by atoms with Crippen molar-refractivity contribution in [2.45, 2.75) is 6.54 Å². The number of carbonyl (C=O) groups is 3. The second kappa shape index (κ2) is 11.3. The summed E-state index contributed by atoms with van der Waals surface area (Å²) in [7, 11) is 0. The Labute approximate surface area is 188 Å². The first-order valence-electron chi connectivity index (χ1n) is 9.41. The maximum atomic E-state index is 11.8. The van der Waals surface area contributed by atoms with E-state index in [0.717, 1.165) is 0 Å². The number of benzene rings is 2. The molecule has 9 nitrogen and oxygen atoms in total. The molecule has 3 amide bonds. The maximum absolute atomic E-state index is 11.8. The Hall–Kier alpha value is -4.11. The normalized spacial score (nSPS) is 10.5. The number of carbonyl (C=O) groups excluding carboxylic acids is 3. The lowest BCUT2D eigenvalue weighted by molar-refractivity contribution is -0.136. The van der Waals surface area contributed by atoms with Gasteiger partial charge in [0.05, 0.1) is 19.0 Å². The van der Waals surface area contributed by atoms with E-state index in [2.05, 4.69) is 21.2 Å². The van der Waals surface area contributed by atoms with Gasteiger partial charge in [0.1, 0.15) is 11.5 Å². The first-order valence-corrected chi connectivity index (χ1v) is 9.79. The molecule has 0 radical (unpaired) electrons. The number of nitrogens with zero attached hydrogens (tertiary/aromatic N) is 1. The molecule has 0 aliphatic heterocycles. The molecule has 0 saturated heterocycles. The Morgan fingerprint density at radius 2 is 1.75 bits per heavy atom. The summed E-state index contributed by atoms with van der Waals surface area (Å²) in [5.74, 6) is -0.930. The van der Waals surface area contributed by atoms with Gasteiger partial charge in [0, 0.05) is 10.7 Å². The third-order valence-corrected chi connectivity index (χ3v) is 4.23. The van der Waals surface area contributed by atoms with Crippen molar-refractivity contribution in [3.05, 3.63) is 83.3 Å². The summed E-state index contributed by atoms with van der Waals surface area (Å²) in [6.45, 7) is 0.140. The van der Waals surface area contributed by atoms with Crippen molar-refractivity contribution in [2.24, 2.45) is 5.10 Å². The van der Waals surface area contributed by atoms with Gasteiger partial charge >= 0.3 is 11.8 Å². The molecule has 0 atom stereocenters. The molecule has 0 saturated carbocycles. The lowest BCUT2D eigenvalue weighted by Crippen LogP contribution is -2.32. The lowest BCUT2D eigenvalue weighted by atomic mass is 10.2. The van der Waals surface area contributed by atoms with E-state index >= 15 is 0 Å². The molecule has 3 N–H and O–H groups in total. The molecule has 0 spiro atoms. The Balaban J connectivity index is 1.39. The van der Waals surface area contributed by atoms with Crippen LogP contribution in [0.1, 0.15) is 11.3 Å². The zero-order valence-corrected chi connectivity index (χ0v) is 17.5. The van der Waals surface area contributed by atoms with Crippen LogP contribution in [0.15, 0.2) is 76.4 Å². The molecular formula is C22H19ClN4O5. The number of hydrogen-bond acceptors (Lipinski definition) is 6. The van der Waals surface area contributed by atoms with Crippen molar-refractivity contribution in [2.75, 3.05) is 11.9 Å². The number of nitrogens with one attached hydrogen (secondary N) is 3. The molecule has 0 bridgehead atoms. The SMILES string of the molecule is O=C(COc1ccc(/C=N\NC(=O)C(=O)Nc2ccc(Cl)cc2)cc1)NCc1ccco1. The summed E-state index contributed by atoms with van der Waals surface area (Å²) < 4.78 is 10.5. The topological polar surface area (TPSA) is 122 Å². The van der Waals surface area contributed by atoms with Crippen molar-refractivity contribution in [3.8, 4) is 5.75 Å². The van der Waals surface area contributed by atoms with Crippen molar-refractivity contribution in [3.63, 3.8) is 0 Å². The average molecular weight is 455 g/mol. The third kappa shape index (κ3) is 7.29. The smallest absolute Gasteiger partial charge is 0.329 e. The van der Waals surface area contributed by atoms with Gasteiger partial charge in [-0.1, -0.05) is 11.6 Å². The highest BCUT2D eigenvalue weighted by Crippen LogP contribution is 2.13. The van der Waals surface area contributed by atoms with E-state index in [1.807, 2.05) is 0 Å². The molecule has 0 fully saturated rings. The minimum atomic E-state index is -0.920. The highest BCUT2D eigenvalue weighted by Gasteiger charge is 2.12. The molecular weight excluding hydrogens is 436 g/mol. The van der Waals surface area contributed by atoms with Crippen molar-refractivity contribution < 1.29 is 23.5 Å². The molecule has 3 aromatic rings. The van der Waals surface area contributed by atoms with Crippen LogP contribution in [0.2, 0.25) is 5.02 Å². The second-order valence-electron chi connectivity index (χ2n) is 6.37. The van der Waals surface area contributed by atoms with Gasteiger partial charge in [-0.3, -0.25) is 14.4 Å². The molecule has 32 heavy (non-hydrogen) atoms. The van der Waals surface area contributed by atoms with E-state index in [0.29, 0.717) is 27.8 Å². The molecule has 1 heterocycles. The van der Waals surface area contributed by atoms with Gasteiger partial charge < -0.3 is 19.8 Å². The van der Waals surface area contributed by atoms with Crippen LogP contribution in [0.4, 0.5) is 5.69 Å². The van der Waals surface area contributed by atoms with Crippen LogP contribution in [0.5, 0.6) is 5.75 Å². The van der Waals surface area contributed by atoms with Crippen molar-refractivity contribution in [1.29, 1.82) is 0 Å². The fourth-order valence-corrected chi connectivity index (χ4v) is 2.51. The summed E-state index contributed by atoms with van der Waals surface area (Å²) in [5, 5.41) is 9.37.